The van der Waals surface area contributed by atoms with Crippen LogP contribution in [0.25, 0.3) is 11.1 Å². The van der Waals surface area contributed by atoms with Gasteiger partial charge in [0.1, 0.15) is 23.9 Å². The van der Waals surface area contributed by atoms with Gasteiger partial charge in [0.25, 0.3) is 0 Å². The molecule has 0 amide bonds. The van der Waals surface area contributed by atoms with E-state index in [1.165, 1.54) is 6.07 Å². The fraction of sp³-hybridized carbons (Fsp3) is 0.276. The fourth-order valence-electron chi connectivity index (χ4n) is 3.81. The van der Waals surface area contributed by atoms with Crippen LogP contribution < -0.4 is 9.47 Å². The largest absolute Gasteiger partial charge is 0.497 e. The third-order valence-electron chi connectivity index (χ3n) is 5.62. The van der Waals surface area contributed by atoms with Crippen molar-refractivity contribution in [3.8, 4) is 35.0 Å². The summed E-state index contributed by atoms with van der Waals surface area (Å²) in [7, 11) is 1.56. The van der Waals surface area contributed by atoms with Gasteiger partial charge in [-0.3, -0.25) is 4.79 Å². The van der Waals surface area contributed by atoms with Crippen LogP contribution in [0.3, 0.4) is 0 Å². The first kappa shape index (κ1) is 24.9. The van der Waals surface area contributed by atoms with Crippen LogP contribution in [0.15, 0.2) is 60.7 Å². The van der Waals surface area contributed by atoms with Crippen LogP contribution in [0.2, 0.25) is 0 Å². The second kappa shape index (κ2) is 10.4. The first-order valence-electron chi connectivity index (χ1n) is 11.0. The average molecular weight is 461 g/mol. The summed E-state index contributed by atoms with van der Waals surface area (Å²) in [5.74, 6) is 1.99. The standard InChI is InChI=1S/C29H29FO4/c1-6-20(16-28(31)32)21-8-10-22(11-9-21)34-18-19-7-13-26(29(2,3)4)24(15-19)25-17-23(33-5)12-14-27(25)30/h1,7-15,17,20H,16,18H2,2-5H3,(H,31,32). The predicted octanol–water partition coefficient (Wildman–Crippen LogP) is 6.57. The Bertz CT molecular complexity index is 1200. The van der Waals surface area contributed by atoms with E-state index in [-0.39, 0.29) is 24.3 Å². The number of halogens is 1. The Kier molecular flexibility index (Phi) is 7.63. The van der Waals surface area contributed by atoms with Crippen LogP contribution in [-0.4, -0.2) is 18.2 Å². The normalized spacial score (nSPS) is 12.0. The number of hydrogen-bond acceptors (Lipinski definition) is 3. The molecule has 0 spiro atoms. The molecule has 1 unspecified atom stereocenters. The molecule has 0 saturated carbocycles. The topological polar surface area (TPSA) is 55.8 Å². The molecule has 3 aromatic rings. The van der Waals surface area contributed by atoms with Gasteiger partial charge in [-0.25, -0.2) is 4.39 Å². The second-order valence-corrected chi connectivity index (χ2v) is 9.15. The molecule has 1 N–H and O–H groups in total. The van der Waals surface area contributed by atoms with Gasteiger partial charge in [0.05, 0.1) is 19.4 Å². The second-order valence-electron chi connectivity index (χ2n) is 9.15. The molecule has 1 atom stereocenters. The first-order chi connectivity index (χ1) is 16.1. The highest BCUT2D eigenvalue weighted by Gasteiger charge is 2.21. The van der Waals surface area contributed by atoms with Crippen molar-refractivity contribution in [2.75, 3.05) is 7.11 Å². The molecular weight excluding hydrogens is 431 g/mol. The minimum absolute atomic E-state index is 0.125. The molecule has 3 aromatic carbocycles. The lowest BCUT2D eigenvalue weighted by Crippen LogP contribution is -2.13. The molecule has 0 aliphatic heterocycles. The van der Waals surface area contributed by atoms with E-state index in [0.717, 1.165) is 22.3 Å². The summed E-state index contributed by atoms with van der Waals surface area (Å²) in [6.45, 7) is 6.57. The number of carbonyl (C=O) groups is 1. The summed E-state index contributed by atoms with van der Waals surface area (Å²) < 4.78 is 26.1. The summed E-state index contributed by atoms with van der Waals surface area (Å²) in [6, 6.07) is 17.8. The lowest BCUT2D eigenvalue weighted by molar-refractivity contribution is -0.137. The van der Waals surface area contributed by atoms with E-state index in [1.807, 2.05) is 18.2 Å². The first-order valence-corrected chi connectivity index (χ1v) is 11.0. The fourth-order valence-corrected chi connectivity index (χ4v) is 3.81. The van der Waals surface area contributed by atoms with E-state index < -0.39 is 11.9 Å². The summed E-state index contributed by atoms with van der Waals surface area (Å²) in [4.78, 5) is 11.0. The molecular formula is C29H29FO4. The van der Waals surface area contributed by atoms with E-state index in [0.29, 0.717) is 17.1 Å². The molecule has 0 saturated heterocycles. The van der Waals surface area contributed by atoms with E-state index in [1.54, 1.807) is 43.5 Å². The van der Waals surface area contributed by atoms with Crippen LogP contribution in [0.1, 0.15) is 49.8 Å². The van der Waals surface area contributed by atoms with E-state index in [9.17, 15) is 9.18 Å². The Balaban J connectivity index is 1.86. The Morgan fingerprint density at radius 3 is 2.29 bits per heavy atom. The number of aliphatic carboxylic acids is 1. The van der Waals surface area contributed by atoms with Crippen LogP contribution in [0, 0.1) is 18.2 Å². The van der Waals surface area contributed by atoms with Crippen molar-refractivity contribution in [1.82, 2.24) is 0 Å². The number of terminal acetylenes is 1. The molecule has 34 heavy (non-hydrogen) atoms. The van der Waals surface area contributed by atoms with Gasteiger partial charge in [0.2, 0.25) is 0 Å². The summed E-state index contributed by atoms with van der Waals surface area (Å²) >= 11 is 0. The quantitative estimate of drug-likeness (QED) is 0.386. The van der Waals surface area contributed by atoms with Crippen LogP contribution in [-0.2, 0) is 16.8 Å². The molecule has 0 bridgehead atoms. The van der Waals surface area contributed by atoms with Crippen molar-refractivity contribution in [2.24, 2.45) is 0 Å². The zero-order chi connectivity index (χ0) is 24.9. The highest BCUT2D eigenvalue weighted by atomic mass is 19.1. The van der Waals surface area contributed by atoms with Crippen molar-refractivity contribution in [3.05, 3.63) is 83.2 Å². The molecule has 0 aliphatic carbocycles. The smallest absolute Gasteiger partial charge is 0.304 e. The lowest BCUT2D eigenvalue weighted by atomic mass is 9.81. The number of carboxylic acids is 1. The van der Waals surface area contributed by atoms with Crippen molar-refractivity contribution in [3.63, 3.8) is 0 Å². The van der Waals surface area contributed by atoms with Crippen molar-refractivity contribution >= 4 is 5.97 Å². The summed E-state index contributed by atoms with van der Waals surface area (Å²) in [6.07, 6.45) is 5.36. The number of rotatable bonds is 8. The zero-order valence-corrected chi connectivity index (χ0v) is 19.9. The molecule has 176 valence electrons. The van der Waals surface area contributed by atoms with E-state index in [4.69, 9.17) is 21.0 Å². The van der Waals surface area contributed by atoms with Gasteiger partial charge in [0, 0.05) is 5.56 Å². The highest BCUT2D eigenvalue weighted by molar-refractivity contribution is 5.71. The summed E-state index contributed by atoms with van der Waals surface area (Å²) in [5.41, 5.74) is 3.75. The average Bonchev–Trinajstić information content (AvgIpc) is 2.81. The molecule has 0 heterocycles. The van der Waals surface area contributed by atoms with Crippen LogP contribution >= 0.6 is 0 Å². The Labute approximate surface area is 200 Å². The minimum Gasteiger partial charge on any atom is -0.497 e. The van der Waals surface area contributed by atoms with Crippen molar-refractivity contribution in [2.45, 2.75) is 45.1 Å². The van der Waals surface area contributed by atoms with Gasteiger partial charge in [-0.05, 0) is 64.1 Å². The van der Waals surface area contributed by atoms with Crippen LogP contribution in [0.4, 0.5) is 4.39 Å². The zero-order valence-electron chi connectivity index (χ0n) is 19.9. The lowest BCUT2D eigenvalue weighted by Gasteiger charge is -2.24. The minimum atomic E-state index is -0.940. The monoisotopic (exact) mass is 460 g/mol. The highest BCUT2D eigenvalue weighted by Crippen LogP contribution is 2.37. The van der Waals surface area contributed by atoms with Crippen molar-refractivity contribution < 1.29 is 23.8 Å². The molecule has 4 nitrogen and oxygen atoms in total. The SMILES string of the molecule is C#CC(CC(=O)O)c1ccc(OCc2ccc(C(C)(C)C)c(-c3cc(OC)ccc3F)c2)cc1. The number of hydrogen-bond donors (Lipinski definition) is 1. The molecule has 5 heteroatoms. The molecule has 0 aromatic heterocycles. The molecule has 3 rings (SSSR count). The maximum absolute atomic E-state index is 14.8. The summed E-state index contributed by atoms with van der Waals surface area (Å²) in [5, 5.41) is 9.01. The number of carboxylic acid groups (broad SMARTS) is 1. The predicted molar refractivity (Wildman–Crippen MR) is 132 cm³/mol. The Hall–Kier alpha value is -3.78. The van der Waals surface area contributed by atoms with Gasteiger partial charge in [0.15, 0.2) is 0 Å². The van der Waals surface area contributed by atoms with Crippen molar-refractivity contribution in [1.29, 1.82) is 0 Å². The molecule has 0 radical (unpaired) electrons. The molecule has 0 fully saturated rings. The third-order valence-corrected chi connectivity index (χ3v) is 5.62. The van der Waals surface area contributed by atoms with E-state index in [2.05, 4.69) is 26.7 Å². The molecule has 0 aliphatic rings. The van der Waals surface area contributed by atoms with Gasteiger partial charge in [-0.15, -0.1) is 6.42 Å². The van der Waals surface area contributed by atoms with Gasteiger partial charge >= 0.3 is 5.97 Å². The Morgan fingerprint density at radius 2 is 1.71 bits per heavy atom. The third kappa shape index (κ3) is 5.96. The van der Waals surface area contributed by atoms with E-state index >= 15 is 0 Å². The number of benzene rings is 3. The van der Waals surface area contributed by atoms with Gasteiger partial charge < -0.3 is 14.6 Å². The van der Waals surface area contributed by atoms with Gasteiger partial charge in [-0.2, -0.15) is 0 Å². The maximum Gasteiger partial charge on any atom is 0.304 e. The Morgan fingerprint density at radius 1 is 1.03 bits per heavy atom. The number of ether oxygens (including phenoxy) is 2. The van der Waals surface area contributed by atoms with Gasteiger partial charge in [-0.1, -0.05) is 51.0 Å². The van der Waals surface area contributed by atoms with Crippen LogP contribution in [0.5, 0.6) is 11.5 Å². The maximum atomic E-state index is 14.8. The number of methoxy groups -OCH3 is 1.